The van der Waals surface area contributed by atoms with Gasteiger partial charge in [0, 0.05) is 0 Å². The van der Waals surface area contributed by atoms with Crippen LogP contribution < -0.4 is 4.74 Å². The molecule has 6 nitrogen and oxygen atoms in total. The standard InChI is InChI=1S/C20H17NO5S/c1-25-15-8-6-13(7-9-15)21-19-17(20(24)26-2)18(23)16(27-19)11-12-4-3-5-14(22)10-12/h3-11,22-23H,1-2H3/b16-11+,21-19?. The normalized spacial score (nSPS) is 16.8. The summed E-state index contributed by atoms with van der Waals surface area (Å²) < 4.78 is 9.91. The molecule has 0 fully saturated rings. The highest BCUT2D eigenvalue weighted by Crippen LogP contribution is 2.40. The summed E-state index contributed by atoms with van der Waals surface area (Å²) in [6, 6.07) is 13.6. The van der Waals surface area contributed by atoms with Crippen molar-refractivity contribution in [2.45, 2.75) is 0 Å². The number of phenolic OH excluding ortho intramolecular Hbond substituents is 1. The number of rotatable bonds is 4. The molecule has 27 heavy (non-hydrogen) atoms. The van der Waals surface area contributed by atoms with Crippen LogP contribution in [0.25, 0.3) is 6.08 Å². The zero-order valence-corrected chi connectivity index (χ0v) is 15.5. The molecule has 0 bridgehead atoms. The molecule has 1 heterocycles. The fraction of sp³-hybridized carbons (Fsp3) is 0.100. The molecule has 7 heteroatoms. The van der Waals surface area contributed by atoms with Gasteiger partial charge in [-0.3, -0.25) is 0 Å². The molecular formula is C20H17NO5S. The van der Waals surface area contributed by atoms with Crippen LogP contribution in [0.1, 0.15) is 5.56 Å². The molecule has 138 valence electrons. The van der Waals surface area contributed by atoms with Gasteiger partial charge in [0.1, 0.15) is 27.9 Å². The van der Waals surface area contributed by atoms with Crippen LogP contribution in [0.3, 0.4) is 0 Å². The summed E-state index contributed by atoms with van der Waals surface area (Å²) in [5, 5.41) is 20.5. The Morgan fingerprint density at radius 1 is 1.11 bits per heavy atom. The van der Waals surface area contributed by atoms with E-state index in [1.54, 1.807) is 61.7 Å². The smallest absolute Gasteiger partial charge is 0.344 e. The summed E-state index contributed by atoms with van der Waals surface area (Å²) in [5.74, 6) is -0.0840. The van der Waals surface area contributed by atoms with E-state index in [0.717, 1.165) is 11.8 Å². The lowest BCUT2D eigenvalue weighted by Gasteiger charge is -2.03. The molecule has 2 aromatic carbocycles. The number of esters is 1. The molecule has 0 aliphatic carbocycles. The summed E-state index contributed by atoms with van der Waals surface area (Å²) in [6.45, 7) is 0. The SMILES string of the molecule is COC(=O)C1=C(O)/C(=C\c2cccc(O)c2)SC1=Nc1ccc(OC)cc1. The number of aromatic hydroxyl groups is 1. The first-order valence-corrected chi connectivity index (χ1v) is 8.77. The number of benzene rings is 2. The summed E-state index contributed by atoms with van der Waals surface area (Å²) >= 11 is 1.15. The lowest BCUT2D eigenvalue weighted by Crippen LogP contribution is -2.10. The van der Waals surface area contributed by atoms with Crippen molar-refractivity contribution in [3.8, 4) is 11.5 Å². The number of nitrogens with zero attached hydrogens (tertiary/aromatic N) is 1. The first kappa shape index (κ1) is 18.6. The topological polar surface area (TPSA) is 88.4 Å². The van der Waals surface area contributed by atoms with E-state index in [2.05, 4.69) is 4.99 Å². The summed E-state index contributed by atoms with van der Waals surface area (Å²) in [7, 11) is 2.82. The van der Waals surface area contributed by atoms with E-state index in [0.29, 0.717) is 26.9 Å². The van der Waals surface area contributed by atoms with Crippen LogP contribution in [-0.2, 0) is 9.53 Å². The van der Waals surface area contributed by atoms with Crippen molar-refractivity contribution in [1.82, 2.24) is 0 Å². The van der Waals surface area contributed by atoms with E-state index in [4.69, 9.17) is 9.47 Å². The zero-order chi connectivity index (χ0) is 19.4. The van der Waals surface area contributed by atoms with Crippen LogP contribution in [0, 0.1) is 0 Å². The Labute approximate surface area is 160 Å². The molecule has 2 N–H and O–H groups in total. The Balaban J connectivity index is 2.01. The second kappa shape index (κ2) is 8.01. The number of aliphatic imine (C=N–C) groups is 1. The molecule has 0 aromatic heterocycles. The van der Waals surface area contributed by atoms with Gasteiger partial charge in [-0.15, -0.1) is 0 Å². The van der Waals surface area contributed by atoms with Crippen LogP contribution >= 0.6 is 11.8 Å². The molecule has 1 aliphatic rings. The number of aliphatic hydroxyl groups is 1. The highest BCUT2D eigenvalue weighted by molar-refractivity contribution is 8.18. The molecule has 0 saturated heterocycles. The van der Waals surface area contributed by atoms with Gasteiger partial charge in [0.25, 0.3) is 0 Å². The number of ether oxygens (including phenoxy) is 2. The van der Waals surface area contributed by atoms with Gasteiger partial charge >= 0.3 is 5.97 Å². The van der Waals surface area contributed by atoms with E-state index >= 15 is 0 Å². The maximum Gasteiger partial charge on any atom is 0.344 e. The van der Waals surface area contributed by atoms with Gasteiger partial charge in [-0.25, -0.2) is 9.79 Å². The molecule has 1 aliphatic heterocycles. The highest BCUT2D eigenvalue weighted by atomic mass is 32.2. The van der Waals surface area contributed by atoms with Gasteiger partial charge in [-0.1, -0.05) is 23.9 Å². The van der Waals surface area contributed by atoms with Gasteiger partial charge in [-0.2, -0.15) is 0 Å². The van der Waals surface area contributed by atoms with E-state index < -0.39 is 5.97 Å². The number of hydrogen-bond donors (Lipinski definition) is 2. The average molecular weight is 383 g/mol. The van der Waals surface area contributed by atoms with Gasteiger partial charge in [0.05, 0.1) is 24.8 Å². The first-order chi connectivity index (χ1) is 13.0. The maximum absolute atomic E-state index is 12.2. The van der Waals surface area contributed by atoms with Crippen LogP contribution in [0.2, 0.25) is 0 Å². The average Bonchev–Trinajstić information content (AvgIpc) is 2.97. The monoisotopic (exact) mass is 383 g/mol. The number of thioether (sulfide) groups is 1. The third-order valence-corrected chi connectivity index (χ3v) is 4.77. The maximum atomic E-state index is 12.2. The Morgan fingerprint density at radius 3 is 2.48 bits per heavy atom. The Hall–Kier alpha value is -3.19. The van der Waals surface area contributed by atoms with Crippen LogP contribution in [0.4, 0.5) is 5.69 Å². The zero-order valence-electron chi connectivity index (χ0n) is 14.7. The minimum atomic E-state index is -0.674. The second-order valence-corrected chi connectivity index (χ2v) is 6.57. The number of carbonyl (C=O) groups is 1. The second-order valence-electron chi connectivity index (χ2n) is 5.54. The predicted octanol–water partition coefficient (Wildman–Crippen LogP) is 4.20. The lowest BCUT2D eigenvalue weighted by molar-refractivity contribution is -0.135. The Bertz CT molecular complexity index is 961. The van der Waals surface area contributed by atoms with Crippen molar-refractivity contribution in [2.24, 2.45) is 4.99 Å². The van der Waals surface area contributed by atoms with Crippen LogP contribution in [0.15, 0.2) is 69.8 Å². The van der Waals surface area contributed by atoms with Gasteiger partial charge in [0.15, 0.2) is 0 Å². The number of methoxy groups -OCH3 is 2. The lowest BCUT2D eigenvalue weighted by atomic mass is 10.1. The first-order valence-electron chi connectivity index (χ1n) is 7.95. The summed E-state index contributed by atoms with van der Waals surface area (Å²) in [4.78, 5) is 17.1. The van der Waals surface area contributed by atoms with E-state index in [1.807, 2.05) is 0 Å². The number of hydrogen-bond acceptors (Lipinski definition) is 7. The number of carbonyl (C=O) groups excluding carboxylic acids is 1. The van der Waals surface area contributed by atoms with Gasteiger partial charge < -0.3 is 19.7 Å². The van der Waals surface area contributed by atoms with E-state index in [1.165, 1.54) is 7.11 Å². The third-order valence-electron chi connectivity index (χ3n) is 3.75. The van der Waals surface area contributed by atoms with Gasteiger partial charge in [-0.05, 0) is 48.0 Å². The van der Waals surface area contributed by atoms with Crippen molar-refractivity contribution >= 4 is 34.5 Å². The number of aliphatic hydroxyl groups excluding tert-OH is 1. The quantitative estimate of drug-likeness (QED) is 0.769. The van der Waals surface area contributed by atoms with Crippen molar-refractivity contribution in [1.29, 1.82) is 0 Å². The molecule has 0 atom stereocenters. The van der Waals surface area contributed by atoms with Crippen LogP contribution in [0.5, 0.6) is 11.5 Å². The van der Waals surface area contributed by atoms with Crippen molar-refractivity contribution in [2.75, 3.05) is 14.2 Å². The molecule has 0 amide bonds. The van der Waals surface area contributed by atoms with Gasteiger partial charge in [0.2, 0.25) is 0 Å². The summed E-state index contributed by atoms with van der Waals surface area (Å²) in [5.41, 5.74) is 1.29. The molecule has 0 unspecified atom stereocenters. The molecule has 2 aromatic rings. The fourth-order valence-electron chi connectivity index (χ4n) is 2.43. The van der Waals surface area contributed by atoms with E-state index in [9.17, 15) is 15.0 Å². The van der Waals surface area contributed by atoms with Crippen molar-refractivity contribution in [3.63, 3.8) is 0 Å². The highest BCUT2D eigenvalue weighted by Gasteiger charge is 2.32. The summed E-state index contributed by atoms with van der Waals surface area (Å²) in [6.07, 6.45) is 1.67. The Kier molecular flexibility index (Phi) is 5.52. The Morgan fingerprint density at radius 2 is 1.85 bits per heavy atom. The van der Waals surface area contributed by atoms with Crippen molar-refractivity contribution in [3.05, 3.63) is 70.3 Å². The molecule has 0 saturated carbocycles. The molecule has 0 radical (unpaired) electrons. The minimum absolute atomic E-state index is 0.00437. The van der Waals surface area contributed by atoms with Crippen LogP contribution in [-0.4, -0.2) is 35.4 Å². The molecule has 0 spiro atoms. The third kappa shape index (κ3) is 4.15. The van der Waals surface area contributed by atoms with E-state index in [-0.39, 0.29) is 17.1 Å². The molecular weight excluding hydrogens is 366 g/mol. The predicted molar refractivity (Wildman–Crippen MR) is 105 cm³/mol. The fourth-order valence-corrected chi connectivity index (χ4v) is 3.47. The minimum Gasteiger partial charge on any atom is -0.508 e. The number of phenols is 1. The largest absolute Gasteiger partial charge is 0.508 e. The van der Waals surface area contributed by atoms with Crippen molar-refractivity contribution < 1.29 is 24.5 Å². The molecule has 3 rings (SSSR count).